The average Bonchev–Trinajstić information content (AvgIpc) is 3.35. The average molecular weight is 562 g/mol. The van der Waals surface area contributed by atoms with Crippen molar-refractivity contribution >= 4 is 27.8 Å². The van der Waals surface area contributed by atoms with Crippen LogP contribution >= 0.6 is 0 Å². The van der Waals surface area contributed by atoms with Gasteiger partial charge in [-0.05, 0) is 18.2 Å². The molecule has 0 aliphatic carbocycles. The quantitative estimate of drug-likeness (QED) is 0.258. The summed E-state index contributed by atoms with van der Waals surface area (Å²) in [6, 6.07) is 19.3. The van der Waals surface area contributed by atoms with Crippen molar-refractivity contribution in [2.24, 2.45) is 5.10 Å². The van der Waals surface area contributed by atoms with Gasteiger partial charge in [0.1, 0.15) is 17.9 Å². The summed E-state index contributed by atoms with van der Waals surface area (Å²) in [6.07, 6.45) is 1.43. The van der Waals surface area contributed by atoms with E-state index in [2.05, 4.69) is 10.5 Å². The van der Waals surface area contributed by atoms with Gasteiger partial charge in [-0.3, -0.25) is 13.8 Å². The van der Waals surface area contributed by atoms with Gasteiger partial charge in [-0.2, -0.15) is 10.2 Å². The van der Waals surface area contributed by atoms with Crippen LogP contribution in [0.15, 0.2) is 76.7 Å². The summed E-state index contributed by atoms with van der Waals surface area (Å²) in [5.74, 6) is 0.823. The van der Waals surface area contributed by atoms with E-state index in [0.29, 0.717) is 45.5 Å². The molecule has 0 fully saturated rings. The summed E-state index contributed by atoms with van der Waals surface area (Å²) in [5, 5.41) is 8.79. The van der Waals surface area contributed by atoms with Crippen molar-refractivity contribution < 1.29 is 27.4 Å². The van der Waals surface area contributed by atoms with Crippen LogP contribution < -0.4 is 23.9 Å². The molecule has 2 heterocycles. The van der Waals surface area contributed by atoms with E-state index in [1.54, 1.807) is 36.4 Å². The van der Waals surface area contributed by atoms with Gasteiger partial charge in [0, 0.05) is 23.7 Å². The minimum atomic E-state index is -3.82. The molecule has 4 aromatic rings. The lowest BCUT2D eigenvalue weighted by Gasteiger charge is -2.27. The summed E-state index contributed by atoms with van der Waals surface area (Å²) in [7, 11) is 2.19. The van der Waals surface area contributed by atoms with E-state index in [1.807, 2.05) is 30.3 Å². The lowest BCUT2D eigenvalue weighted by atomic mass is 10.1. The van der Waals surface area contributed by atoms with E-state index in [1.165, 1.54) is 43.6 Å². The number of sulfonamides is 1. The van der Waals surface area contributed by atoms with Crippen LogP contribution in [-0.4, -0.2) is 58.7 Å². The number of fused-ring (bicyclic) bond motifs is 3. The first-order valence-electron chi connectivity index (χ1n) is 12.2. The Morgan fingerprint density at radius 2 is 1.65 bits per heavy atom. The van der Waals surface area contributed by atoms with Crippen LogP contribution in [0, 0.1) is 0 Å². The van der Waals surface area contributed by atoms with Crippen LogP contribution in [-0.2, 0) is 21.4 Å². The summed E-state index contributed by atoms with van der Waals surface area (Å²) in [4.78, 5) is 13.2. The molecule has 0 atom stereocenters. The second-order valence-electron chi connectivity index (χ2n) is 8.75. The number of methoxy groups -OCH3 is 3. The molecule has 206 valence electrons. The Kier molecular flexibility index (Phi) is 7.18. The molecular weight excluding hydrogens is 534 g/mol. The van der Waals surface area contributed by atoms with Gasteiger partial charge in [0.15, 0.2) is 11.5 Å². The van der Waals surface area contributed by atoms with E-state index in [4.69, 9.17) is 19.3 Å². The highest BCUT2D eigenvalue weighted by molar-refractivity contribution is 7.93. The lowest BCUT2D eigenvalue weighted by molar-refractivity contribution is -0.121. The van der Waals surface area contributed by atoms with Gasteiger partial charge in [-0.25, -0.2) is 13.8 Å². The number of hydrogen-bond donors (Lipinski definition) is 1. The first-order valence-corrected chi connectivity index (χ1v) is 13.6. The number of aromatic nitrogens is 2. The Labute approximate surface area is 231 Å². The number of carbonyl (C=O) groups is 1. The van der Waals surface area contributed by atoms with Gasteiger partial charge in [0.2, 0.25) is 5.75 Å². The zero-order chi connectivity index (χ0) is 28.4. The fourth-order valence-electron chi connectivity index (χ4n) is 4.65. The molecule has 12 heteroatoms. The van der Waals surface area contributed by atoms with E-state index in [9.17, 15) is 13.2 Å². The SMILES string of the molecule is COc1ccc(/C=N/NC(=O)Cn2nc(-c3ccccc3)c3c2-c2ccccc2S(=O)(=O)N3C)c(OC)c1OC. The summed E-state index contributed by atoms with van der Waals surface area (Å²) < 4.78 is 45.6. The van der Waals surface area contributed by atoms with Crippen molar-refractivity contribution in [1.29, 1.82) is 0 Å². The lowest BCUT2D eigenvalue weighted by Crippen LogP contribution is -2.31. The Bertz CT molecular complexity index is 1720. The monoisotopic (exact) mass is 561 g/mol. The maximum Gasteiger partial charge on any atom is 0.264 e. The molecule has 0 spiro atoms. The molecule has 1 N–H and O–H groups in total. The van der Waals surface area contributed by atoms with Crippen LogP contribution in [0.4, 0.5) is 5.69 Å². The molecule has 0 saturated heterocycles. The van der Waals surface area contributed by atoms with Gasteiger partial charge in [0.25, 0.3) is 15.9 Å². The molecule has 1 amide bonds. The first-order chi connectivity index (χ1) is 19.3. The maximum absolute atomic E-state index is 13.4. The van der Waals surface area contributed by atoms with Crippen molar-refractivity contribution in [3.05, 3.63) is 72.3 Å². The van der Waals surface area contributed by atoms with E-state index >= 15 is 0 Å². The third kappa shape index (κ3) is 4.51. The fraction of sp³-hybridized carbons (Fsp3) is 0.179. The van der Waals surface area contributed by atoms with E-state index in [0.717, 1.165) is 5.56 Å². The fourth-order valence-corrected chi connectivity index (χ4v) is 6.05. The molecule has 0 radical (unpaired) electrons. The maximum atomic E-state index is 13.4. The van der Waals surface area contributed by atoms with E-state index < -0.39 is 15.9 Å². The van der Waals surface area contributed by atoms with Gasteiger partial charge < -0.3 is 14.2 Å². The molecule has 1 aliphatic rings. The zero-order valence-corrected chi connectivity index (χ0v) is 23.1. The molecule has 1 aliphatic heterocycles. The summed E-state index contributed by atoms with van der Waals surface area (Å²) in [6.45, 7) is -0.211. The predicted octanol–water partition coefficient (Wildman–Crippen LogP) is 3.53. The third-order valence-corrected chi connectivity index (χ3v) is 8.31. The topological polar surface area (TPSA) is 124 Å². The van der Waals surface area contributed by atoms with Crippen LogP contribution in [0.25, 0.3) is 22.5 Å². The second kappa shape index (κ2) is 10.7. The number of benzene rings is 3. The van der Waals surface area contributed by atoms with Gasteiger partial charge >= 0.3 is 0 Å². The number of amides is 1. The molecular formula is C28H27N5O6S. The standard InChI is InChI=1S/C28H27N5O6S/c1-32-26-24(18-10-6-5-7-11-18)31-33(25(26)20-12-8-9-13-22(20)40(32,35)36)17-23(34)30-29-16-19-14-15-21(37-2)28(39-4)27(19)38-3/h5-16H,17H2,1-4H3,(H,30,34)/b29-16+. The van der Waals surface area contributed by atoms with Crippen molar-refractivity contribution in [3.8, 4) is 39.8 Å². The highest BCUT2D eigenvalue weighted by Gasteiger charge is 2.38. The second-order valence-corrected chi connectivity index (χ2v) is 10.7. The molecule has 0 unspecified atom stereocenters. The minimum Gasteiger partial charge on any atom is -0.493 e. The Morgan fingerprint density at radius 3 is 2.35 bits per heavy atom. The zero-order valence-electron chi connectivity index (χ0n) is 22.3. The smallest absolute Gasteiger partial charge is 0.264 e. The number of rotatable bonds is 8. The molecule has 3 aromatic carbocycles. The largest absolute Gasteiger partial charge is 0.493 e. The number of anilines is 1. The number of carbonyl (C=O) groups excluding carboxylic acids is 1. The van der Waals surface area contributed by atoms with Gasteiger partial charge in [-0.1, -0.05) is 48.5 Å². The highest BCUT2D eigenvalue weighted by Crippen LogP contribution is 2.47. The summed E-state index contributed by atoms with van der Waals surface area (Å²) in [5.41, 5.74) is 5.63. The van der Waals surface area contributed by atoms with Crippen molar-refractivity contribution in [2.45, 2.75) is 11.4 Å². The molecule has 0 bridgehead atoms. The molecule has 11 nitrogen and oxygen atoms in total. The number of nitrogens with one attached hydrogen (secondary N) is 1. The van der Waals surface area contributed by atoms with Crippen LogP contribution in [0.2, 0.25) is 0 Å². The number of hydrogen-bond acceptors (Lipinski definition) is 8. The van der Waals surface area contributed by atoms with Crippen LogP contribution in [0.1, 0.15) is 5.56 Å². The highest BCUT2D eigenvalue weighted by atomic mass is 32.2. The minimum absolute atomic E-state index is 0.143. The molecule has 5 rings (SSSR count). The van der Waals surface area contributed by atoms with Crippen molar-refractivity contribution in [2.75, 3.05) is 32.7 Å². The third-order valence-electron chi connectivity index (χ3n) is 6.49. The molecule has 0 saturated carbocycles. The predicted molar refractivity (Wildman–Crippen MR) is 151 cm³/mol. The molecule has 1 aromatic heterocycles. The van der Waals surface area contributed by atoms with Crippen molar-refractivity contribution in [3.63, 3.8) is 0 Å². The van der Waals surface area contributed by atoms with Gasteiger partial charge in [0.05, 0.1) is 38.1 Å². The van der Waals surface area contributed by atoms with Crippen molar-refractivity contribution in [1.82, 2.24) is 15.2 Å². The summed E-state index contributed by atoms with van der Waals surface area (Å²) >= 11 is 0. The Morgan fingerprint density at radius 1 is 0.950 bits per heavy atom. The Balaban J connectivity index is 1.50. The number of ether oxygens (including phenoxy) is 3. The first kappa shape index (κ1) is 26.8. The number of nitrogens with zero attached hydrogens (tertiary/aromatic N) is 4. The van der Waals surface area contributed by atoms with Crippen LogP contribution in [0.3, 0.4) is 0 Å². The van der Waals surface area contributed by atoms with Gasteiger partial charge in [-0.15, -0.1) is 0 Å². The molecule has 40 heavy (non-hydrogen) atoms. The Hall–Kier alpha value is -4.84. The normalized spacial score (nSPS) is 13.4. The van der Waals surface area contributed by atoms with E-state index in [-0.39, 0.29) is 11.4 Å². The van der Waals surface area contributed by atoms with Crippen LogP contribution in [0.5, 0.6) is 17.2 Å². The number of hydrazone groups is 1.